The van der Waals surface area contributed by atoms with Crippen LogP contribution in [0.1, 0.15) is 5.69 Å². The summed E-state index contributed by atoms with van der Waals surface area (Å²) in [5.41, 5.74) is 0.344. The van der Waals surface area contributed by atoms with Crippen LogP contribution in [-0.4, -0.2) is 51.7 Å². The Bertz CT molecular complexity index is 785. The highest BCUT2D eigenvalue weighted by Gasteiger charge is 2.14. The number of hydrogen-bond acceptors (Lipinski definition) is 7. The minimum absolute atomic E-state index is 0.122. The molecule has 1 fully saturated rings. The molecule has 9 nitrogen and oxygen atoms in total. The third kappa shape index (κ3) is 3.93. The molecular weight excluding hydrogens is 312 g/mol. The molecule has 0 bridgehead atoms. The number of aromatic nitrogens is 4. The first kappa shape index (κ1) is 16.1. The number of morpholine rings is 1. The first-order valence-corrected chi connectivity index (χ1v) is 7.59. The van der Waals surface area contributed by atoms with Crippen LogP contribution < -0.4 is 15.8 Å². The molecule has 0 aliphatic carbocycles. The van der Waals surface area contributed by atoms with Crippen LogP contribution in [0.25, 0.3) is 0 Å². The summed E-state index contributed by atoms with van der Waals surface area (Å²) in [6.07, 6.45) is 2.76. The van der Waals surface area contributed by atoms with Crippen molar-refractivity contribution in [1.82, 2.24) is 19.5 Å². The smallest absolute Gasteiger partial charge is 0.253 e. The van der Waals surface area contributed by atoms with Gasteiger partial charge in [0.25, 0.3) is 5.56 Å². The molecule has 3 rings (SSSR count). The van der Waals surface area contributed by atoms with Crippen LogP contribution in [0.3, 0.4) is 0 Å². The van der Waals surface area contributed by atoms with Gasteiger partial charge in [-0.1, -0.05) is 0 Å². The highest BCUT2D eigenvalue weighted by Crippen LogP contribution is 2.15. The number of anilines is 2. The molecule has 3 heterocycles. The topological polar surface area (TPSA) is 102 Å². The molecule has 1 N–H and O–H groups in total. The monoisotopic (exact) mass is 330 g/mol. The normalized spacial score (nSPS) is 14.5. The largest absolute Gasteiger partial charge is 0.378 e. The van der Waals surface area contributed by atoms with Gasteiger partial charge in [-0.2, -0.15) is 0 Å². The van der Waals surface area contributed by atoms with E-state index in [0.717, 1.165) is 18.9 Å². The number of carbonyl (C=O) groups excluding carboxylic acids is 1. The summed E-state index contributed by atoms with van der Waals surface area (Å²) < 4.78 is 6.55. The minimum Gasteiger partial charge on any atom is -0.378 e. The fourth-order valence-electron chi connectivity index (χ4n) is 2.35. The van der Waals surface area contributed by atoms with Crippen LogP contribution in [0.4, 0.5) is 11.6 Å². The molecule has 1 amide bonds. The maximum absolute atomic E-state index is 12.1. The predicted octanol–water partition coefficient (Wildman–Crippen LogP) is -0.183. The van der Waals surface area contributed by atoms with Crippen molar-refractivity contribution in [3.8, 4) is 0 Å². The zero-order chi connectivity index (χ0) is 16.9. The number of nitrogens with zero attached hydrogens (tertiary/aromatic N) is 5. The summed E-state index contributed by atoms with van der Waals surface area (Å²) in [4.78, 5) is 38.2. The third-order valence-corrected chi connectivity index (χ3v) is 3.59. The summed E-state index contributed by atoms with van der Waals surface area (Å²) in [6.45, 7) is 4.39. The molecule has 9 heteroatoms. The van der Waals surface area contributed by atoms with E-state index in [9.17, 15) is 9.59 Å². The van der Waals surface area contributed by atoms with E-state index in [0.29, 0.717) is 24.7 Å². The highest BCUT2D eigenvalue weighted by molar-refractivity contribution is 5.89. The Kier molecular flexibility index (Phi) is 4.80. The Morgan fingerprint density at radius 3 is 2.79 bits per heavy atom. The number of rotatable bonds is 4. The maximum Gasteiger partial charge on any atom is 0.253 e. The molecule has 1 aliphatic rings. The van der Waals surface area contributed by atoms with Crippen LogP contribution in [0.2, 0.25) is 0 Å². The second-order valence-corrected chi connectivity index (χ2v) is 5.41. The number of carbonyl (C=O) groups is 1. The quantitative estimate of drug-likeness (QED) is 0.829. The Morgan fingerprint density at radius 1 is 1.25 bits per heavy atom. The molecule has 0 spiro atoms. The second kappa shape index (κ2) is 7.18. The lowest BCUT2D eigenvalue weighted by Gasteiger charge is -2.27. The van der Waals surface area contributed by atoms with Crippen molar-refractivity contribution >= 4 is 17.5 Å². The van der Waals surface area contributed by atoms with Crippen LogP contribution in [0, 0.1) is 6.92 Å². The average Bonchev–Trinajstić information content (AvgIpc) is 2.58. The molecule has 2 aromatic heterocycles. The zero-order valence-corrected chi connectivity index (χ0v) is 13.3. The summed E-state index contributed by atoms with van der Waals surface area (Å²) in [5.74, 6) is 0.775. The molecule has 1 aliphatic heterocycles. The van der Waals surface area contributed by atoms with Crippen LogP contribution in [0.15, 0.2) is 29.6 Å². The van der Waals surface area contributed by atoms with E-state index < -0.39 is 0 Å². The first-order valence-electron chi connectivity index (χ1n) is 7.59. The van der Waals surface area contributed by atoms with Gasteiger partial charge in [-0.25, -0.2) is 15.0 Å². The number of hydrogen-bond donors (Lipinski definition) is 1. The standard InChI is InChI=1S/C15H18N6O3/c1-11-6-15(23)21(10-18-11)8-14(22)19-12-7-13(17-9-16-12)20-2-4-24-5-3-20/h6-7,9-10H,2-5,8H2,1H3,(H,16,17,19,22). The average molecular weight is 330 g/mol. The van der Waals surface area contributed by atoms with Crippen molar-refractivity contribution in [1.29, 1.82) is 0 Å². The molecule has 0 unspecified atom stereocenters. The second-order valence-electron chi connectivity index (χ2n) is 5.41. The van der Waals surface area contributed by atoms with Gasteiger partial charge in [0, 0.05) is 30.9 Å². The lowest BCUT2D eigenvalue weighted by atomic mass is 10.4. The number of amides is 1. The van der Waals surface area contributed by atoms with Gasteiger partial charge in [0.15, 0.2) is 0 Å². The van der Waals surface area contributed by atoms with Crippen LogP contribution in [-0.2, 0) is 16.1 Å². The molecule has 126 valence electrons. The lowest BCUT2D eigenvalue weighted by Crippen LogP contribution is -2.36. The number of nitrogens with one attached hydrogen (secondary N) is 1. The maximum atomic E-state index is 12.1. The van der Waals surface area contributed by atoms with Crippen molar-refractivity contribution in [2.75, 3.05) is 36.5 Å². The van der Waals surface area contributed by atoms with Crippen molar-refractivity contribution in [3.05, 3.63) is 40.8 Å². The summed E-state index contributed by atoms with van der Waals surface area (Å²) in [7, 11) is 0. The van der Waals surface area contributed by atoms with E-state index in [4.69, 9.17) is 4.74 Å². The molecule has 1 saturated heterocycles. The van der Waals surface area contributed by atoms with E-state index in [1.165, 1.54) is 23.3 Å². The van der Waals surface area contributed by atoms with Gasteiger partial charge in [-0.05, 0) is 6.92 Å². The molecule has 0 radical (unpaired) electrons. The van der Waals surface area contributed by atoms with Crippen LogP contribution >= 0.6 is 0 Å². The van der Waals surface area contributed by atoms with Crippen LogP contribution in [0.5, 0.6) is 0 Å². The first-order chi connectivity index (χ1) is 11.6. The van der Waals surface area contributed by atoms with Gasteiger partial charge in [0.2, 0.25) is 5.91 Å². The van der Waals surface area contributed by atoms with E-state index in [2.05, 4.69) is 25.2 Å². The van der Waals surface area contributed by atoms with Crippen molar-refractivity contribution in [3.63, 3.8) is 0 Å². The Morgan fingerprint density at radius 2 is 2.04 bits per heavy atom. The molecule has 0 saturated carbocycles. The fourth-order valence-corrected chi connectivity index (χ4v) is 2.35. The van der Waals surface area contributed by atoms with E-state index in [1.54, 1.807) is 13.0 Å². The predicted molar refractivity (Wildman–Crippen MR) is 86.9 cm³/mol. The molecular formula is C15H18N6O3. The molecule has 0 aromatic carbocycles. The lowest BCUT2D eigenvalue weighted by molar-refractivity contribution is -0.116. The van der Waals surface area contributed by atoms with E-state index >= 15 is 0 Å². The van der Waals surface area contributed by atoms with Gasteiger partial charge in [-0.15, -0.1) is 0 Å². The molecule has 0 atom stereocenters. The summed E-state index contributed by atoms with van der Waals surface area (Å²) >= 11 is 0. The Hall–Kier alpha value is -2.81. The highest BCUT2D eigenvalue weighted by atomic mass is 16.5. The van der Waals surface area contributed by atoms with E-state index in [-0.39, 0.29) is 18.0 Å². The summed E-state index contributed by atoms with van der Waals surface area (Å²) in [6, 6.07) is 3.09. The van der Waals surface area contributed by atoms with Gasteiger partial charge in [0.05, 0.1) is 19.5 Å². The van der Waals surface area contributed by atoms with E-state index in [1.807, 2.05) is 0 Å². The van der Waals surface area contributed by atoms with Gasteiger partial charge >= 0.3 is 0 Å². The van der Waals surface area contributed by atoms with Crippen molar-refractivity contribution in [2.45, 2.75) is 13.5 Å². The molecule has 2 aromatic rings. The minimum atomic E-state index is -0.352. The Labute approximate surface area is 138 Å². The fraction of sp³-hybridized carbons (Fsp3) is 0.400. The molecule has 24 heavy (non-hydrogen) atoms. The number of ether oxygens (including phenoxy) is 1. The SMILES string of the molecule is Cc1cc(=O)n(CC(=O)Nc2cc(N3CCOCC3)ncn2)cn1. The zero-order valence-electron chi connectivity index (χ0n) is 13.3. The number of aryl methyl sites for hydroxylation is 1. The third-order valence-electron chi connectivity index (χ3n) is 3.59. The van der Waals surface area contributed by atoms with Crippen molar-refractivity contribution in [2.24, 2.45) is 0 Å². The van der Waals surface area contributed by atoms with Gasteiger partial charge in [-0.3, -0.25) is 14.2 Å². The Balaban J connectivity index is 1.66. The van der Waals surface area contributed by atoms with Crippen molar-refractivity contribution < 1.29 is 9.53 Å². The van der Waals surface area contributed by atoms with Gasteiger partial charge < -0.3 is 15.0 Å². The summed E-state index contributed by atoms with van der Waals surface area (Å²) in [5, 5.41) is 2.68. The van der Waals surface area contributed by atoms with Gasteiger partial charge in [0.1, 0.15) is 24.5 Å².